The van der Waals surface area contributed by atoms with Crippen LogP contribution in [0, 0.1) is 6.92 Å². The molecule has 22 heavy (non-hydrogen) atoms. The molecular weight excluding hydrogens is 298 g/mol. The van der Waals surface area contributed by atoms with E-state index in [2.05, 4.69) is 28.5 Å². The second kappa shape index (κ2) is 7.07. The topological polar surface area (TPSA) is 67.0 Å². The van der Waals surface area contributed by atoms with E-state index in [0.717, 1.165) is 23.4 Å². The van der Waals surface area contributed by atoms with Crippen LogP contribution >= 0.6 is 11.3 Å². The van der Waals surface area contributed by atoms with Gasteiger partial charge in [0.2, 0.25) is 0 Å². The molecule has 1 amide bonds. The molecule has 0 aliphatic heterocycles. The number of hydrogen-bond donors (Lipinski definition) is 2. The second-order valence-corrected chi connectivity index (χ2v) is 6.98. The van der Waals surface area contributed by atoms with E-state index in [0.29, 0.717) is 5.82 Å². The van der Waals surface area contributed by atoms with Crippen LogP contribution in [0.15, 0.2) is 18.2 Å². The lowest BCUT2D eigenvalue weighted by Crippen LogP contribution is -2.24. The molecular formula is C16H21N3O2S. The van der Waals surface area contributed by atoms with Gasteiger partial charge in [-0.25, -0.2) is 0 Å². The first kappa shape index (κ1) is 15.2. The van der Waals surface area contributed by atoms with E-state index in [1.54, 1.807) is 11.3 Å². The number of hydrogen-bond acceptors (Lipinski definition) is 4. The minimum Gasteiger partial charge on any atom is -0.368 e. The van der Waals surface area contributed by atoms with Crippen LogP contribution in [-0.4, -0.2) is 28.8 Å². The number of aryl methyl sites for hydroxylation is 1. The average molecular weight is 319 g/mol. The molecule has 2 heterocycles. The van der Waals surface area contributed by atoms with E-state index >= 15 is 0 Å². The summed E-state index contributed by atoms with van der Waals surface area (Å²) in [7, 11) is 0. The average Bonchev–Trinajstić information content (AvgIpc) is 3.15. The van der Waals surface area contributed by atoms with E-state index in [1.807, 2.05) is 12.1 Å². The Morgan fingerprint density at radius 2 is 2.23 bits per heavy atom. The van der Waals surface area contributed by atoms with Crippen LogP contribution in [-0.2, 0) is 9.53 Å². The van der Waals surface area contributed by atoms with Crippen LogP contribution in [0.2, 0.25) is 0 Å². The lowest BCUT2D eigenvalue weighted by atomic mass is 9.98. The lowest BCUT2D eigenvalue weighted by molar-refractivity contribution is -0.123. The van der Waals surface area contributed by atoms with Crippen molar-refractivity contribution in [2.24, 2.45) is 0 Å². The van der Waals surface area contributed by atoms with Crippen LogP contribution in [0.4, 0.5) is 5.82 Å². The quantitative estimate of drug-likeness (QED) is 0.882. The fourth-order valence-electron chi connectivity index (χ4n) is 2.70. The molecule has 0 atom stereocenters. The van der Waals surface area contributed by atoms with E-state index in [1.165, 1.54) is 24.1 Å². The SMILES string of the molecule is Cc1ccc(-c2cc(NC(=O)COC3CCCCC3)n[nH]2)s1. The first-order valence-corrected chi connectivity index (χ1v) is 8.56. The van der Waals surface area contributed by atoms with Crippen molar-refractivity contribution in [2.45, 2.75) is 45.1 Å². The Bertz CT molecular complexity index is 629. The Morgan fingerprint density at radius 3 is 2.95 bits per heavy atom. The first-order valence-electron chi connectivity index (χ1n) is 7.74. The van der Waals surface area contributed by atoms with Crippen molar-refractivity contribution in [2.75, 3.05) is 11.9 Å². The van der Waals surface area contributed by atoms with Gasteiger partial charge in [0.15, 0.2) is 5.82 Å². The third-order valence-corrected chi connectivity index (χ3v) is 4.89. The molecule has 2 aromatic rings. The third kappa shape index (κ3) is 3.96. The van der Waals surface area contributed by atoms with Crippen molar-refractivity contribution in [1.29, 1.82) is 0 Å². The Labute approximate surface area is 134 Å². The standard InChI is InChI=1S/C16H21N3O2S/c1-11-7-8-14(22-11)13-9-15(19-18-13)17-16(20)10-21-12-5-3-2-4-6-12/h7-9,12H,2-6,10H2,1H3,(H2,17,18,19,20). The number of nitrogens with zero attached hydrogens (tertiary/aromatic N) is 1. The van der Waals surface area contributed by atoms with Crippen LogP contribution < -0.4 is 5.32 Å². The van der Waals surface area contributed by atoms with Gasteiger partial charge in [-0.05, 0) is 31.9 Å². The number of ether oxygens (including phenoxy) is 1. The molecule has 0 spiro atoms. The van der Waals surface area contributed by atoms with Crippen molar-refractivity contribution in [1.82, 2.24) is 10.2 Å². The molecule has 2 aromatic heterocycles. The second-order valence-electron chi connectivity index (χ2n) is 5.70. The normalized spacial score (nSPS) is 15.9. The molecule has 5 nitrogen and oxygen atoms in total. The zero-order chi connectivity index (χ0) is 15.4. The maximum absolute atomic E-state index is 11.9. The Kier molecular flexibility index (Phi) is 4.90. The number of nitrogens with one attached hydrogen (secondary N) is 2. The van der Waals surface area contributed by atoms with Crippen molar-refractivity contribution in [3.63, 3.8) is 0 Å². The lowest BCUT2D eigenvalue weighted by Gasteiger charge is -2.21. The number of aromatic amines is 1. The molecule has 0 aromatic carbocycles. The van der Waals surface area contributed by atoms with Crippen molar-refractivity contribution >= 4 is 23.1 Å². The molecule has 1 aliphatic rings. The molecule has 2 N–H and O–H groups in total. The van der Waals surface area contributed by atoms with Crippen LogP contribution in [0.1, 0.15) is 37.0 Å². The smallest absolute Gasteiger partial charge is 0.251 e. The third-order valence-electron chi connectivity index (χ3n) is 3.85. The van der Waals surface area contributed by atoms with Gasteiger partial charge in [-0.15, -0.1) is 11.3 Å². The summed E-state index contributed by atoms with van der Waals surface area (Å²) >= 11 is 1.69. The minimum atomic E-state index is -0.147. The minimum absolute atomic E-state index is 0.102. The van der Waals surface area contributed by atoms with E-state index in [4.69, 9.17) is 4.74 Å². The fraction of sp³-hybridized carbons (Fsp3) is 0.500. The molecule has 0 radical (unpaired) electrons. The number of rotatable bonds is 5. The summed E-state index contributed by atoms with van der Waals surface area (Å²) in [4.78, 5) is 14.3. The zero-order valence-corrected chi connectivity index (χ0v) is 13.5. The summed E-state index contributed by atoms with van der Waals surface area (Å²) in [5.74, 6) is 0.393. The largest absolute Gasteiger partial charge is 0.368 e. The monoisotopic (exact) mass is 319 g/mol. The van der Waals surface area contributed by atoms with E-state index in [9.17, 15) is 4.79 Å². The number of H-pyrrole nitrogens is 1. The summed E-state index contributed by atoms with van der Waals surface area (Å²) in [6.07, 6.45) is 6.06. The Hall–Kier alpha value is -1.66. The molecule has 1 fully saturated rings. The van der Waals surface area contributed by atoms with Crippen molar-refractivity contribution in [3.8, 4) is 10.6 Å². The van der Waals surface area contributed by atoms with Gasteiger partial charge in [0.1, 0.15) is 6.61 Å². The van der Waals surface area contributed by atoms with Crippen LogP contribution in [0.25, 0.3) is 10.6 Å². The fourth-order valence-corrected chi connectivity index (χ4v) is 3.53. The maximum atomic E-state index is 11.9. The van der Waals surface area contributed by atoms with Gasteiger partial charge in [0.05, 0.1) is 16.7 Å². The van der Waals surface area contributed by atoms with Gasteiger partial charge in [0.25, 0.3) is 5.91 Å². The molecule has 0 saturated heterocycles. The maximum Gasteiger partial charge on any atom is 0.251 e. The molecule has 0 unspecified atom stereocenters. The van der Waals surface area contributed by atoms with E-state index in [-0.39, 0.29) is 18.6 Å². The highest BCUT2D eigenvalue weighted by atomic mass is 32.1. The van der Waals surface area contributed by atoms with E-state index < -0.39 is 0 Å². The van der Waals surface area contributed by atoms with Gasteiger partial charge in [0, 0.05) is 10.9 Å². The Balaban J connectivity index is 1.50. The molecule has 0 bridgehead atoms. The number of carbonyl (C=O) groups excluding carboxylic acids is 1. The summed E-state index contributed by atoms with van der Waals surface area (Å²) in [5.41, 5.74) is 0.918. The van der Waals surface area contributed by atoms with Gasteiger partial charge < -0.3 is 10.1 Å². The first-order chi connectivity index (χ1) is 10.7. The number of aromatic nitrogens is 2. The summed E-state index contributed by atoms with van der Waals surface area (Å²) < 4.78 is 5.66. The summed E-state index contributed by atoms with van der Waals surface area (Å²) in [5, 5.41) is 9.86. The molecule has 3 rings (SSSR count). The summed E-state index contributed by atoms with van der Waals surface area (Å²) in [6.45, 7) is 2.17. The van der Waals surface area contributed by atoms with Crippen LogP contribution in [0.3, 0.4) is 0 Å². The molecule has 6 heteroatoms. The highest BCUT2D eigenvalue weighted by Crippen LogP contribution is 2.27. The molecule has 118 valence electrons. The number of amides is 1. The van der Waals surface area contributed by atoms with Crippen molar-refractivity contribution < 1.29 is 9.53 Å². The highest BCUT2D eigenvalue weighted by molar-refractivity contribution is 7.15. The van der Waals surface area contributed by atoms with Gasteiger partial charge in [-0.1, -0.05) is 19.3 Å². The molecule has 1 aliphatic carbocycles. The highest BCUT2D eigenvalue weighted by Gasteiger charge is 2.15. The van der Waals surface area contributed by atoms with Gasteiger partial charge in [-0.2, -0.15) is 5.10 Å². The number of anilines is 1. The van der Waals surface area contributed by atoms with Gasteiger partial charge >= 0.3 is 0 Å². The number of thiophene rings is 1. The zero-order valence-electron chi connectivity index (χ0n) is 12.7. The summed E-state index contributed by atoms with van der Waals surface area (Å²) in [6, 6.07) is 5.96. The van der Waals surface area contributed by atoms with Crippen molar-refractivity contribution in [3.05, 3.63) is 23.1 Å². The number of carbonyl (C=O) groups is 1. The Morgan fingerprint density at radius 1 is 1.41 bits per heavy atom. The van der Waals surface area contributed by atoms with Crippen LogP contribution in [0.5, 0.6) is 0 Å². The van der Waals surface area contributed by atoms with Gasteiger partial charge in [-0.3, -0.25) is 9.89 Å². The molecule has 1 saturated carbocycles. The predicted octanol–water partition coefficient (Wildman–Crippen LogP) is 3.73. The predicted molar refractivity (Wildman–Crippen MR) is 88.1 cm³/mol.